The largest absolute Gasteiger partial charge is 0.294 e. The van der Waals surface area contributed by atoms with E-state index < -0.39 is 0 Å². The van der Waals surface area contributed by atoms with Crippen LogP contribution in [0, 0.1) is 0 Å². The molecule has 3 heteroatoms. The minimum absolute atomic E-state index is 0.928. The molecule has 0 atom stereocenters. The van der Waals surface area contributed by atoms with E-state index >= 15 is 0 Å². The van der Waals surface area contributed by atoms with Crippen molar-refractivity contribution in [2.75, 3.05) is 13.1 Å². The zero-order chi connectivity index (χ0) is 12.9. The predicted octanol–water partition coefficient (Wildman–Crippen LogP) is 2.55. The van der Waals surface area contributed by atoms with Gasteiger partial charge in [-0.3, -0.25) is 4.90 Å². The molecule has 1 aliphatic heterocycles. The van der Waals surface area contributed by atoms with Gasteiger partial charge >= 0.3 is 0 Å². The van der Waals surface area contributed by atoms with E-state index in [1.807, 2.05) is 12.3 Å². The van der Waals surface area contributed by atoms with E-state index in [2.05, 4.69) is 51.3 Å². The van der Waals surface area contributed by atoms with Crippen LogP contribution in [-0.4, -0.2) is 28.0 Å². The van der Waals surface area contributed by atoms with Crippen molar-refractivity contribution in [2.24, 2.45) is 0 Å². The van der Waals surface area contributed by atoms with Gasteiger partial charge < -0.3 is 0 Å². The van der Waals surface area contributed by atoms with Gasteiger partial charge in [0.2, 0.25) is 0 Å². The quantitative estimate of drug-likeness (QED) is 0.839. The number of aromatic nitrogens is 2. The molecule has 0 fully saturated rings. The zero-order valence-electron chi connectivity index (χ0n) is 10.9. The molecule has 2 aromatic rings. The molecule has 0 bridgehead atoms. The molecule has 19 heavy (non-hydrogen) atoms. The van der Waals surface area contributed by atoms with Crippen molar-refractivity contribution in [1.82, 2.24) is 14.9 Å². The predicted molar refractivity (Wildman–Crippen MR) is 76.5 cm³/mol. The summed E-state index contributed by atoms with van der Waals surface area (Å²) >= 11 is 0. The second-order valence-corrected chi connectivity index (χ2v) is 4.79. The SMILES string of the molecule is C(=C/c1ccccc1)/CN1CCc2cncnc2C1. The first-order valence-corrected chi connectivity index (χ1v) is 6.63. The Balaban J connectivity index is 1.59. The Hall–Kier alpha value is -2.00. The maximum absolute atomic E-state index is 4.36. The van der Waals surface area contributed by atoms with E-state index in [4.69, 9.17) is 0 Å². The van der Waals surface area contributed by atoms with Gasteiger partial charge in [0.25, 0.3) is 0 Å². The van der Waals surface area contributed by atoms with Crippen LogP contribution in [0.5, 0.6) is 0 Å². The van der Waals surface area contributed by atoms with Crippen molar-refractivity contribution >= 4 is 6.08 Å². The first-order chi connectivity index (χ1) is 9.42. The van der Waals surface area contributed by atoms with Crippen molar-refractivity contribution in [3.05, 3.63) is 65.8 Å². The molecule has 0 aliphatic carbocycles. The number of nitrogens with zero attached hydrogens (tertiary/aromatic N) is 3. The summed E-state index contributed by atoms with van der Waals surface area (Å²) in [5.41, 5.74) is 3.72. The second kappa shape index (κ2) is 5.76. The Morgan fingerprint density at radius 1 is 1.21 bits per heavy atom. The highest BCUT2D eigenvalue weighted by molar-refractivity contribution is 5.48. The number of benzene rings is 1. The van der Waals surface area contributed by atoms with Crippen LogP contribution in [-0.2, 0) is 13.0 Å². The van der Waals surface area contributed by atoms with Crippen molar-refractivity contribution in [1.29, 1.82) is 0 Å². The van der Waals surface area contributed by atoms with Crippen molar-refractivity contribution < 1.29 is 0 Å². The van der Waals surface area contributed by atoms with E-state index in [0.717, 1.165) is 26.1 Å². The smallest absolute Gasteiger partial charge is 0.115 e. The summed E-state index contributed by atoms with van der Waals surface area (Å²) in [7, 11) is 0. The average Bonchev–Trinajstić information content (AvgIpc) is 2.48. The van der Waals surface area contributed by atoms with E-state index in [0.29, 0.717) is 0 Å². The van der Waals surface area contributed by atoms with Gasteiger partial charge in [-0.2, -0.15) is 0 Å². The van der Waals surface area contributed by atoms with Gasteiger partial charge in [-0.1, -0.05) is 42.5 Å². The van der Waals surface area contributed by atoms with Crippen LogP contribution in [0.3, 0.4) is 0 Å². The number of rotatable bonds is 3. The van der Waals surface area contributed by atoms with Gasteiger partial charge in [-0.05, 0) is 17.5 Å². The molecule has 0 N–H and O–H groups in total. The molecule has 0 saturated carbocycles. The van der Waals surface area contributed by atoms with Gasteiger partial charge in [0.05, 0.1) is 5.69 Å². The summed E-state index contributed by atoms with van der Waals surface area (Å²) in [4.78, 5) is 10.9. The monoisotopic (exact) mass is 251 g/mol. The van der Waals surface area contributed by atoms with E-state index in [1.165, 1.54) is 16.8 Å². The van der Waals surface area contributed by atoms with Crippen LogP contribution in [0.25, 0.3) is 6.08 Å². The molecule has 1 aromatic carbocycles. The molecule has 2 heterocycles. The van der Waals surface area contributed by atoms with Crippen molar-refractivity contribution in [2.45, 2.75) is 13.0 Å². The second-order valence-electron chi connectivity index (χ2n) is 4.79. The first kappa shape index (κ1) is 12.1. The molecule has 0 unspecified atom stereocenters. The van der Waals surface area contributed by atoms with Crippen LogP contribution in [0.15, 0.2) is 48.9 Å². The molecule has 0 saturated heterocycles. The minimum Gasteiger partial charge on any atom is -0.294 e. The molecule has 0 spiro atoms. The lowest BCUT2D eigenvalue weighted by Crippen LogP contribution is -2.31. The summed E-state index contributed by atoms with van der Waals surface area (Å²) in [6, 6.07) is 10.4. The summed E-state index contributed by atoms with van der Waals surface area (Å²) < 4.78 is 0. The molecular weight excluding hydrogens is 234 g/mol. The van der Waals surface area contributed by atoms with Crippen LogP contribution < -0.4 is 0 Å². The normalized spacial score (nSPS) is 15.6. The summed E-state index contributed by atoms with van der Waals surface area (Å²) in [6.45, 7) is 2.98. The Bertz CT molecular complexity index is 563. The first-order valence-electron chi connectivity index (χ1n) is 6.63. The van der Waals surface area contributed by atoms with Crippen LogP contribution in [0.2, 0.25) is 0 Å². The fraction of sp³-hybridized carbons (Fsp3) is 0.250. The van der Waals surface area contributed by atoms with Gasteiger partial charge in [0.1, 0.15) is 6.33 Å². The molecule has 0 amide bonds. The molecule has 1 aliphatic rings. The third-order valence-electron chi connectivity index (χ3n) is 3.43. The third-order valence-corrected chi connectivity index (χ3v) is 3.43. The molecule has 96 valence electrons. The Morgan fingerprint density at radius 2 is 2.11 bits per heavy atom. The Morgan fingerprint density at radius 3 is 3.00 bits per heavy atom. The highest BCUT2D eigenvalue weighted by atomic mass is 15.1. The summed E-state index contributed by atoms with van der Waals surface area (Å²) in [5.74, 6) is 0. The highest BCUT2D eigenvalue weighted by Crippen LogP contribution is 2.15. The Labute approximate surface area is 113 Å². The third kappa shape index (κ3) is 3.06. The lowest BCUT2D eigenvalue weighted by atomic mass is 10.1. The van der Waals surface area contributed by atoms with E-state index in [9.17, 15) is 0 Å². The van der Waals surface area contributed by atoms with Gasteiger partial charge in [-0.15, -0.1) is 0 Å². The minimum atomic E-state index is 0.928. The maximum Gasteiger partial charge on any atom is 0.115 e. The summed E-state index contributed by atoms with van der Waals surface area (Å²) in [5, 5.41) is 0. The van der Waals surface area contributed by atoms with Crippen molar-refractivity contribution in [3.8, 4) is 0 Å². The maximum atomic E-state index is 4.36. The molecule has 1 aromatic heterocycles. The number of hydrogen-bond acceptors (Lipinski definition) is 3. The van der Waals surface area contributed by atoms with Crippen molar-refractivity contribution in [3.63, 3.8) is 0 Å². The topological polar surface area (TPSA) is 29.0 Å². The van der Waals surface area contributed by atoms with Crippen LogP contribution in [0.4, 0.5) is 0 Å². The molecule has 3 rings (SSSR count). The van der Waals surface area contributed by atoms with E-state index in [-0.39, 0.29) is 0 Å². The van der Waals surface area contributed by atoms with Gasteiger partial charge in [-0.25, -0.2) is 9.97 Å². The van der Waals surface area contributed by atoms with E-state index in [1.54, 1.807) is 6.33 Å². The summed E-state index contributed by atoms with van der Waals surface area (Å²) in [6.07, 6.45) is 9.04. The lowest BCUT2D eigenvalue weighted by molar-refractivity contribution is 0.277. The van der Waals surface area contributed by atoms with Gasteiger partial charge in [0.15, 0.2) is 0 Å². The molecule has 0 radical (unpaired) electrons. The number of hydrogen-bond donors (Lipinski definition) is 0. The lowest BCUT2D eigenvalue weighted by Gasteiger charge is -2.26. The average molecular weight is 251 g/mol. The van der Waals surface area contributed by atoms with Crippen LogP contribution >= 0.6 is 0 Å². The fourth-order valence-corrected chi connectivity index (χ4v) is 2.36. The molecular formula is C16H17N3. The van der Waals surface area contributed by atoms with Gasteiger partial charge in [0, 0.05) is 25.8 Å². The van der Waals surface area contributed by atoms with Crippen LogP contribution in [0.1, 0.15) is 16.8 Å². The highest BCUT2D eigenvalue weighted by Gasteiger charge is 2.15. The number of fused-ring (bicyclic) bond motifs is 1. The Kier molecular flexibility index (Phi) is 3.65. The fourth-order valence-electron chi connectivity index (χ4n) is 2.36. The standard InChI is InChI=1S/C16H17N3/c1-2-5-14(6-3-1)7-4-9-19-10-8-15-11-17-13-18-16(15)12-19/h1-7,11,13H,8-10,12H2/b7-4-. The zero-order valence-corrected chi connectivity index (χ0v) is 10.9. The molecule has 3 nitrogen and oxygen atoms in total.